The van der Waals surface area contributed by atoms with Crippen LogP contribution in [-0.2, 0) is 25.5 Å². The van der Waals surface area contributed by atoms with Crippen LogP contribution in [0, 0.1) is 0 Å². The molecular weight excluding hydrogens is 308 g/mol. The number of ether oxygens (including phenoxy) is 1. The normalized spacial score (nSPS) is 16.2. The molecule has 0 saturated carbocycles. The molecule has 1 aromatic rings. The van der Waals surface area contributed by atoms with Crippen molar-refractivity contribution in [2.45, 2.75) is 32.2 Å². The van der Waals surface area contributed by atoms with Crippen LogP contribution in [0.15, 0.2) is 30.3 Å². The third-order valence-corrected chi connectivity index (χ3v) is 4.24. The molecule has 2 rings (SSSR count). The number of benzene rings is 1. The van der Waals surface area contributed by atoms with Gasteiger partial charge in [0.15, 0.2) is 0 Å². The van der Waals surface area contributed by atoms with E-state index in [0.29, 0.717) is 26.1 Å². The first-order valence-electron chi connectivity index (χ1n) is 8.30. The predicted molar refractivity (Wildman–Crippen MR) is 89.2 cm³/mol. The molecule has 0 N–H and O–H groups in total. The molecule has 1 aliphatic heterocycles. The SMILES string of the molecule is CCCCN1CCN(C(Cc2ccccc2)C(=O)OC)C(=O)C1=O. The summed E-state index contributed by atoms with van der Waals surface area (Å²) < 4.78 is 4.86. The van der Waals surface area contributed by atoms with Crippen molar-refractivity contribution in [1.29, 1.82) is 0 Å². The number of unbranched alkanes of at least 4 members (excludes halogenated alkanes) is 1. The molecule has 1 heterocycles. The molecule has 1 unspecified atom stereocenters. The molecule has 1 atom stereocenters. The first kappa shape index (κ1) is 18.0. The highest BCUT2D eigenvalue weighted by molar-refractivity contribution is 6.35. The fourth-order valence-electron chi connectivity index (χ4n) is 2.84. The van der Waals surface area contributed by atoms with Gasteiger partial charge in [0.1, 0.15) is 6.04 Å². The number of carbonyl (C=O) groups is 3. The zero-order valence-corrected chi connectivity index (χ0v) is 14.2. The minimum atomic E-state index is -0.776. The Labute approximate surface area is 142 Å². The fraction of sp³-hybridized carbons (Fsp3) is 0.500. The van der Waals surface area contributed by atoms with Crippen molar-refractivity contribution in [2.75, 3.05) is 26.7 Å². The lowest BCUT2D eigenvalue weighted by Gasteiger charge is -2.37. The van der Waals surface area contributed by atoms with E-state index in [1.807, 2.05) is 37.3 Å². The second-order valence-corrected chi connectivity index (χ2v) is 5.87. The number of amides is 2. The van der Waals surface area contributed by atoms with Crippen molar-refractivity contribution < 1.29 is 19.1 Å². The Bertz CT molecular complexity index is 588. The molecule has 6 nitrogen and oxygen atoms in total. The van der Waals surface area contributed by atoms with Gasteiger partial charge in [-0.25, -0.2) is 4.79 Å². The topological polar surface area (TPSA) is 66.9 Å². The minimum absolute atomic E-state index is 0.335. The van der Waals surface area contributed by atoms with Gasteiger partial charge in [0.25, 0.3) is 0 Å². The second-order valence-electron chi connectivity index (χ2n) is 5.87. The van der Waals surface area contributed by atoms with Crippen molar-refractivity contribution >= 4 is 17.8 Å². The van der Waals surface area contributed by atoms with Crippen LogP contribution in [0.1, 0.15) is 25.3 Å². The number of hydrogen-bond donors (Lipinski definition) is 0. The molecule has 1 saturated heterocycles. The highest BCUT2D eigenvalue weighted by atomic mass is 16.5. The van der Waals surface area contributed by atoms with Gasteiger partial charge in [-0.2, -0.15) is 0 Å². The monoisotopic (exact) mass is 332 g/mol. The quantitative estimate of drug-likeness (QED) is 0.557. The Morgan fingerprint density at radius 2 is 1.88 bits per heavy atom. The molecule has 0 bridgehead atoms. The summed E-state index contributed by atoms with van der Waals surface area (Å²) in [5.41, 5.74) is 0.918. The first-order valence-corrected chi connectivity index (χ1v) is 8.30. The molecule has 6 heteroatoms. The van der Waals surface area contributed by atoms with Crippen LogP contribution in [0.2, 0.25) is 0 Å². The second kappa shape index (κ2) is 8.47. The third-order valence-electron chi connectivity index (χ3n) is 4.24. The van der Waals surface area contributed by atoms with Crippen molar-refractivity contribution in [3.63, 3.8) is 0 Å². The average Bonchev–Trinajstić information content (AvgIpc) is 2.61. The van der Waals surface area contributed by atoms with E-state index in [9.17, 15) is 14.4 Å². The molecule has 0 aliphatic carbocycles. The van der Waals surface area contributed by atoms with Crippen LogP contribution in [0.25, 0.3) is 0 Å². The summed E-state index contributed by atoms with van der Waals surface area (Å²) in [5.74, 6) is -1.65. The van der Waals surface area contributed by atoms with E-state index in [1.165, 1.54) is 12.0 Å². The number of methoxy groups -OCH3 is 1. The molecule has 0 spiro atoms. The number of hydrogen-bond acceptors (Lipinski definition) is 4. The lowest BCUT2D eigenvalue weighted by molar-refractivity contribution is -0.163. The highest BCUT2D eigenvalue weighted by Gasteiger charge is 2.39. The van der Waals surface area contributed by atoms with Gasteiger partial charge in [0.05, 0.1) is 7.11 Å². The van der Waals surface area contributed by atoms with Crippen LogP contribution in [0.3, 0.4) is 0 Å². The largest absolute Gasteiger partial charge is 0.467 e. The molecule has 1 aliphatic rings. The molecule has 0 aromatic heterocycles. The number of piperazine rings is 1. The standard InChI is InChI=1S/C18H24N2O4/c1-3-4-10-19-11-12-20(17(22)16(19)21)15(18(23)24-2)13-14-8-6-5-7-9-14/h5-9,15H,3-4,10-13H2,1-2H3. The summed E-state index contributed by atoms with van der Waals surface area (Å²) in [4.78, 5) is 39.9. The maximum Gasteiger partial charge on any atom is 0.328 e. The van der Waals surface area contributed by atoms with Gasteiger partial charge in [0, 0.05) is 26.1 Å². The van der Waals surface area contributed by atoms with Gasteiger partial charge >= 0.3 is 17.8 Å². The first-order chi connectivity index (χ1) is 11.6. The predicted octanol–water partition coefficient (Wildman–Crippen LogP) is 1.24. The van der Waals surface area contributed by atoms with E-state index in [0.717, 1.165) is 18.4 Å². The maximum absolute atomic E-state index is 12.5. The lowest BCUT2D eigenvalue weighted by Crippen LogP contribution is -2.59. The summed E-state index contributed by atoms with van der Waals surface area (Å²) in [6.07, 6.45) is 2.16. The number of esters is 1. The molecular formula is C18H24N2O4. The van der Waals surface area contributed by atoms with E-state index in [-0.39, 0.29) is 0 Å². The molecule has 2 amide bonds. The van der Waals surface area contributed by atoms with Gasteiger partial charge in [-0.1, -0.05) is 43.7 Å². The summed E-state index contributed by atoms with van der Waals surface area (Å²) in [5, 5.41) is 0. The molecule has 0 radical (unpaired) electrons. The smallest absolute Gasteiger partial charge is 0.328 e. The van der Waals surface area contributed by atoms with E-state index in [4.69, 9.17) is 4.74 Å². The molecule has 1 fully saturated rings. The van der Waals surface area contributed by atoms with Crippen LogP contribution >= 0.6 is 0 Å². The van der Waals surface area contributed by atoms with E-state index >= 15 is 0 Å². The Hall–Kier alpha value is -2.37. The van der Waals surface area contributed by atoms with E-state index < -0.39 is 23.8 Å². The van der Waals surface area contributed by atoms with Gasteiger partial charge in [0.2, 0.25) is 0 Å². The molecule has 24 heavy (non-hydrogen) atoms. The van der Waals surface area contributed by atoms with Crippen molar-refractivity contribution in [3.05, 3.63) is 35.9 Å². The summed E-state index contributed by atoms with van der Waals surface area (Å²) >= 11 is 0. The van der Waals surface area contributed by atoms with Crippen LogP contribution in [-0.4, -0.2) is 60.4 Å². The average molecular weight is 332 g/mol. The van der Waals surface area contributed by atoms with E-state index in [2.05, 4.69) is 0 Å². The van der Waals surface area contributed by atoms with Gasteiger partial charge in [-0.3, -0.25) is 9.59 Å². The fourth-order valence-corrected chi connectivity index (χ4v) is 2.84. The minimum Gasteiger partial charge on any atom is -0.467 e. The third kappa shape index (κ3) is 4.13. The number of nitrogens with zero attached hydrogens (tertiary/aromatic N) is 2. The van der Waals surface area contributed by atoms with Gasteiger partial charge < -0.3 is 14.5 Å². The number of carbonyl (C=O) groups excluding carboxylic acids is 3. The van der Waals surface area contributed by atoms with Crippen LogP contribution in [0.5, 0.6) is 0 Å². The van der Waals surface area contributed by atoms with Crippen LogP contribution < -0.4 is 0 Å². The van der Waals surface area contributed by atoms with Crippen molar-refractivity contribution in [1.82, 2.24) is 9.80 Å². The Kier molecular flexibility index (Phi) is 6.35. The lowest BCUT2D eigenvalue weighted by atomic mass is 10.0. The molecule has 1 aromatic carbocycles. The summed E-state index contributed by atoms with van der Waals surface area (Å²) in [6, 6.07) is 8.64. The maximum atomic E-state index is 12.5. The Morgan fingerprint density at radius 3 is 2.50 bits per heavy atom. The van der Waals surface area contributed by atoms with Gasteiger partial charge in [-0.05, 0) is 12.0 Å². The summed E-state index contributed by atoms with van der Waals surface area (Å²) in [6.45, 7) is 3.42. The zero-order valence-electron chi connectivity index (χ0n) is 14.2. The van der Waals surface area contributed by atoms with Crippen molar-refractivity contribution in [2.24, 2.45) is 0 Å². The Morgan fingerprint density at radius 1 is 1.17 bits per heavy atom. The molecule has 130 valence electrons. The van der Waals surface area contributed by atoms with Gasteiger partial charge in [-0.15, -0.1) is 0 Å². The van der Waals surface area contributed by atoms with E-state index in [1.54, 1.807) is 4.90 Å². The Balaban J connectivity index is 2.14. The number of rotatable bonds is 7. The zero-order chi connectivity index (χ0) is 17.5. The van der Waals surface area contributed by atoms with Crippen LogP contribution in [0.4, 0.5) is 0 Å². The highest BCUT2D eigenvalue weighted by Crippen LogP contribution is 2.15. The van der Waals surface area contributed by atoms with Crippen molar-refractivity contribution in [3.8, 4) is 0 Å². The summed E-state index contributed by atoms with van der Waals surface area (Å²) in [7, 11) is 1.30.